The van der Waals surface area contributed by atoms with Gasteiger partial charge in [0.15, 0.2) is 4.80 Å². The number of benzene rings is 4. The normalized spacial score (nSPS) is 14.5. The number of anilines is 1. The Morgan fingerprint density at radius 1 is 1.00 bits per heavy atom. The molecule has 0 saturated heterocycles. The van der Waals surface area contributed by atoms with Gasteiger partial charge in [-0.15, -0.1) is 0 Å². The molecule has 9 heteroatoms. The van der Waals surface area contributed by atoms with Crippen molar-refractivity contribution < 1.29 is 18.7 Å². The molecule has 6 rings (SSSR count). The van der Waals surface area contributed by atoms with E-state index in [1.54, 1.807) is 61.1 Å². The Bertz CT molecular complexity index is 2070. The van der Waals surface area contributed by atoms with Gasteiger partial charge in [0.25, 0.3) is 11.5 Å². The SMILES string of the molecule is COc1cccc([C@@H]2C(C(=O)Nc3ccccc3)=C(C)N=c3s/c(=C\c4ccccc4OCc4ccccc4F)c(=O)n32)c1. The van der Waals surface area contributed by atoms with Gasteiger partial charge in [0.2, 0.25) is 0 Å². The molecule has 0 aliphatic carbocycles. The maximum atomic E-state index is 14.2. The second kappa shape index (κ2) is 12.5. The lowest BCUT2D eigenvalue weighted by molar-refractivity contribution is -0.113. The lowest BCUT2D eigenvalue weighted by atomic mass is 9.95. The van der Waals surface area contributed by atoms with Crippen LogP contribution >= 0.6 is 11.3 Å². The number of carbonyl (C=O) groups is 1. The average molecular weight is 606 g/mol. The van der Waals surface area contributed by atoms with Gasteiger partial charge in [-0.05, 0) is 55.0 Å². The predicted octanol–water partition coefficient (Wildman–Crippen LogP) is 5.60. The van der Waals surface area contributed by atoms with Crippen LogP contribution in [-0.4, -0.2) is 17.6 Å². The van der Waals surface area contributed by atoms with Crippen molar-refractivity contribution in [3.8, 4) is 11.5 Å². The molecule has 0 spiro atoms. The van der Waals surface area contributed by atoms with E-state index in [0.29, 0.717) is 54.5 Å². The third kappa shape index (κ3) is 5.82. The Labute approximate surface area is 256 Å². The maximum absolute atomic E-state index is 14.2. The minimum absolute atomic E-state index is 0.0354. The first-order valence-corrected chi connectivity index (χ1v) is 14.7. The number of methoxy groups -OCH3 is 1. The number of allylic oxidation sites excluding steroid dienone is 1. The Morgan fingerprint density at radius 2 is 1.75 bits per heavy atom. The van der Waals surface area contributed by atoms with Gasteiger partial charge in [0.05, 0.1) is 29.0 Å². The van der Waals surface area contributed by atoms with E-state index in [0.717, 1.165) is 0 Å². The molecule has 5 aromatic rings. The third-order valence-electron chi connectivity index (χ3n) is 7.25. The molecule has 7 nitrogen and oxygen atoms in total. The fourth-order valence-corrected chi connectivity index (χ4v) is 6.14. The number of para-hydroxylation sites is 2. The largest absolute Gasteiger partial charge is 0.497 e. The molecule has 0 radical (unpaired) electrons. The van der Waals surface area contributed by atoms with Crippen molar-refractivity contribution >= 4 is 29.0 Å². The standard InChI is InChI=1S/C35H28FN3O4S/c1-22-31(33(40)38-26-14-4-3-5-15-26)32(24-13-10-16-27(19-24)42-2)39-34(41)30(44-35(39)37-22)20-23-11-7-9-18-29(23)43-21-25-12-6-8-17-28(25)36/h3-20,32H,21H2,1-2H3,(H,38,40)/b30-20-/t32-/m1/s1. The second-order valence-corrected chi connectivity index (χ2v) is 11.1. The van der Waals surface area contributed by atoms with Gasteiger partial charge in [-0.2, -0.15) is 0 Å². The number of nitrogens with zero attached hydrogens (tertiary/aromatic N) is 2. The molecule has 44 heavy (non-hydrogen) atoms. The van der Waals surface area contributed by atoms with Gasteiger partial charge in [0, 0.05) is 16.8 Å². The van der Waals surface area contributed by atoms with Crippen molar-refractivity contribution in [1.82, 2.24) is 4.57 Å². The summed E-state index contributed by atoms with van der Waals surface area (Å²) in [5.41, 5.74) is 2.98. The summed E-state index contributed by atoms with van der Waals surface area (Å²) in [4.78, 5) is 33.1. The van der Waals surface area contributed by atoms with Crippen LogP contribution in [0.3, 0.4) is 0 Å². The summed E-state index contributed by atoms with van der Waals surface area (Å²) in [5.74, 6) is 0.401. The molecule has 0 bridgehead atoms. The first kappa shape index (κ1) is 28.8. The highest BCUT2D eigenvalue weighted by Crippen LogP contribution is 2.32. The molecule has 220 valence electrons. The highest BCUT2D eigenvalue weighted by atomic mass is 32.1. The van der Waals surface area contributed by atoms with E-state index in [1.807, 2.05) is 60.7 Å². The van der Waals surface area contributed by atoms with Crippen molar-refractivity contribution in [1.29, 1.82) is 0 Å². The Balaban J connectivity index is 1.44. The Hall–Kier alpha value is -5.28. The molecular formula is C35H28FN3O4S. The van der Waals surface area contributed by atoms with E-state index in [1.165, 1.54) is 17.4 Å². The van der Waals surface area contributed by atoms with Crippen molar-refractivity contribution in [2.45, 2.75) is 19.6 Å². The number of aromatic nitrogens is 1. The quantitative estimate of drug-likeness (QED) is 0.250. The van der Waals surface area contributed by atoms with Crippen LogP contribution in [-0.2, 0) is 11.4 Å². The number of rotatable bonds is 8. The van der Waals surface area contributed by atoms with Gasteiger partial charge < -0.3 is 14.8 Å². The summed E-state index contributed by atoms with van der Waals surface area (Å²) in [6, 6.07) is 29.4. The highest BCUT2D eigenvalue weighted by molar-refractivity contribution is 7.07. The number of hydrogen-bond donors (Lipinski definition) is 1. The van der Waals surface area contributed by atoms with Crippen LogP contribution in [0.1, 0.15) is 29.7 Å². The minimum atomic E-state index is -0.750. The van der Waals surface area contributed by atoms with Gasteiger partial charge >= 0.3 is 0 Å². The summed E-state index contributed by atoms with van der Waals surface area (Å²) in [6.07, 6.45) is 1.74. The maximum Gasteiger partial charge on any atom is 0.271 e. The number of amides is 1. The molecule has 1 N–H and O–H groups in total. The van der Waals surface area contributed by atoms with Crippen molar-refractivity contribution in [2.75, 3.05) is 12.4 Å². The molecule has 0 unspecified atom stereocenters. The molecule has 1 aliphatic rings. The van der Waals surface area contributed by atoms with Crippen molar-refractivity contribution in [3.63, 3.8) is 0 Å². The van der Waals surface area contributed by atoms with E-state index in [-0.39, 0.29) is 23.9 Å². The number of nitrogens with one attached hydrogen (secondary N) is 1. The molecule has 0 saturated carbocycles. The van der Waals surface area contributed by atoms with E-state index < -0.39 is 6.04 Å². The molecular weight excluding hydrogens is 577 g/mol. The Morgan fingerprint density at radius 3 is 2.55 bits per heavy atom. The summed E-state index contributed by atoms with van der Waals surface area (Å²) in [5, 5.41) is 2.96. The number of fused-ring (bicyclic) bond motifs is 1. The number of halogens is 1. The minimum Gasteiger partial charge on any atom is -0.497 e. The van der Waals surface area contributed by atoms with Crippen LogP contribution in [0, 0.1) is 5.82 Å². The van der Waals surface area contributed by atoms with Crippen molar-refractivity contribution in [3.05, 3.63) is 157 Å². The van der Waals surface area contributed by atoms with Crippen LogP contribution in [0.25, 0.3) is 6.08 Å². The zero-order valence-electron chi connectivity index (χ0n) is 24.0. The third-order valence-corrected chi connectivity index (χ3v) is 8.24. The van der Waals surface area contributed by atoms with Gasteiger partial charge in [-0.1, -0.05) is 78.1 Å². The van der Waals surface area contributed by atoms with E-state index >= 15 is 0 Å². The molecule has 4 aromatic carbocycles. The molecule has 1 aromatic heterocycles. The lowest BCUT2D eigenvalue weighted by Gasteiger charge is -2.25. The average Bonchev–Trinajstić information content (AvgIpc) is 3.34. The van der Waals surface area contributed by atoms with Crippen LogP contribution < -0.4 is 29.7 Å². The second-order valence-electron chi connectivity index (χ2n) is 10.1. The molecule has 1 amide bonds. The number of carbonyl (C=O) groups excluding carboxylic acids is 1. The van der Waals surface area contributed by atoms with Crippen molar-refractivity contribution in [2.24, 2.45) is 4.99 Å². The summed E-state index contributed by atoms with van der Waals surface area (Å²) in [7, 11) is 1.57. The van der Waals surface area contributed by atoms with E-state index in [2.05, 4.69) is 5.32 Å². The van der Waals surface area contributed by atoms with E-state index in [4.69, 9.17) is 14.5 Å². The fourth-order valence-electron chi connectivity index (χ4n) is 5.10. The van der Waals surface area contributed by atoms with E-state index in [9.17, 15) is 14.0 Å². The van der Waals surface area contributed by atoms with Crippen LogP contribution in [0.4, 0.5) is 10.1 Å². The first-order valence-electron chi connectivity index (χ1n) is 13.9. The fraction of sp³-hybridized carbons (Fsp3) is 0.114. The first-order chi connectivity index (χ1) is 21.4. The van der Waals surface area contributed by atoms with Gasteiger partial charge in [-0.3, -0.25) is 14.2 Å². The molecule has 2 heterocycles. The monoisotopic (exact) mass is 605 g/mol. The summed E-state index contributed by atoms with van der Waals surface area (Å²) < 4.78 is 27.6. The zero-order chi connectivity index (χ0) is 30.6. The van der Waals surface area contributed by atoms with Gasteiger partial charge in [-0.25, -0.2) is 9.38 Å². The molecule has 1 aliphatic heterocycles. The smallest absolute Gasteiger partial charge is 0.271 e. The Kier molecular flexibility index (Phi) is 8.21. The van der Waals surface area contributed by atoms with Crippen LogP contribution in [0.15, 0.2) is 124 Å². The number of hydrogen-bond acceptors (Lipinski definition) is 6. The number of ether oxygens (including phenoxy) is 2. The number of thiazole rings is 1. The van der Waals surface area contributed by atoms with Gasteiger partial charge in [0.1, 0.15) is 23.9 Å². The topological polar surface area (TPSA) is 81.9 Å². The molecule has 0 fully saturated rings. The van der Waals surface area contributed by atoms with Crippen LogP contribution in [0.2, 0.25) is 0 Å². The molecule has 1 atom stereocenters. The lowest BCUT2D eigenvalue weighted by Crippen LogP contribution is -2.40. The predicted molar refractivity (Wildman–Crippen MR) is 169 cm³/mol. The van der Waals surface area contributed by atoms with Crippen LogP contribution in [0.5, 0.6) is 11.5 Å². The zero-order valence-corrected chi connectivity index (χ0v) is 24.8. The summed E-state index contributed by atoms with van der Waals surface area (Å²) in [6.45, 7) is 1.81. The summed E-state index contributed by atoms with van der Waals surface area (Å²) >= 11 is 1.23. The highest BCUT2D eigenvalue weighted by Gasteiger charge is 2.32.